The summed E-state index contributed by atoms with van der Waals surface area (Å²) in [5.74, 6) is 0.448. The van der Waals surface area contributed by atoms with Crippen molar-refractivity contribution in [1.82, 2.24) is 0 Å². The molecule has 1 fully saturated rings. The summed E-state index contributed by atoms with van der Waals surface area (Å²) < 4.78 is 5.99. The van der Waals surface area contributed by atoms with Gasteiger partial charge in [-0.25, -0.2) is 0 Å². The zero-order valence-corrected chi connectivity index (χ0v) is 21.7. The Morgan fingerprint density at radius 2 is 0.935 bits per heavy atom. The van der Waals surface area contributed by atoms with Gasteiger partial charge in [-0.2, -0.15) is 0 Å². The summed E-state index contributed by atoms with van der Waals surface area (Å²) in [5.41, 5.74) is -0.141. The molecule has 0 aromatic heterocycles. The number of ether oxygens (including phenoxy) is 1. The summed E-state index contributed by atoms with van der Waals surface area (Å²) in [7, 11) is 0. The third kappa shape index (κ3) is 13.6. The van der Waals surface area contributed by atoms with E-state index in [1.165, 1.54) is 128 Å². The lowest BCUT2D eigenvalue weighted by molar-refractivity contribution is -0.150. The molecule has 1 aliphatic heterocycles. The van der Waals surface area contributed by atoms with Gasteiger partial charge in [0.25, 0.3) is 0 Å². The Morgan fingerprint density at radius 3 is 1.23 bits per heavy atom. The molecule has 1 aliphatic rings. The highest BCUT2D eigenvalue weighted by molar-refractivity contribution is 5.72. The van der Waals surface area contributed by atoms with Crippen LogP contribution in [0.25, 0.3) is 0 Å². The summed E-state index contributed by atoms with van der Waals surface area (Å²) in [6.45, 7) is 6.81. The molecule has 0 amide bonds. The molecule has 0 aromatic carbocycles. The fourth-order valence-electron chi connectivity index (χ4n) is 5.35. The van der Waals surface area contributed by atoms with E-state index in [9.17, 15) is 4.79 Å². The van der Waals surface area contributed by atoms with Crippen LogP contribution in [-0.4, -0.2) is 11.6 Å². The van der Waals surface area contributed by atoms with Gasteiger partial charge in [0.2, 0.25) is 0 Å². The van der Waals surface area contributed by atoms with Gasteiger partial charge >= 0.3 is 5.97 Å². The summed E-state index contributed by atoms with van der Waals surface area (Å²) in [6.07, 6.45) is 30.1. The van der Waals surface area contributed by atoms with Crippen molar-refractivity contribution in [2.75, 3.05) is 0 Å². The van der Waals surface area contributed by atoms with Crippen LogP contribution in [0.5, 0.6) is 0 Å². The molecule has 1 unspecified atom stereocenters. The van der Waals surface area contributed by atoms with Gasteiger partial charge in [-0.3, -0.25) is 4.79 Å². The lowest BCUT2D eigenvalue weighted by atomic mass is 9.80. The number of unbranched alkanes of at least 4 members (excludes halogenated alkanes) is 18. The maximum Gasteiger partial charge on any atom is 0.306 e. The number of cyclic esters (lactones) is 1. The highest BCUT2D eigenvalue weighted by Crippen LogP contribution is 2.41. The van der Waals surface area contributed by atoms with E-state index >= 15 is 0 Å². The van der Waals surface area contributed by atoms with Crippen molar-refractivity contribution in [2.24, 2.45) is 5.92 Å². The van der Waals surface area contributed by atoms with Crippen molar-refractivity contribution >= 4 is 5.97 Å². The first-order valence-electron chi connectivity index (χ1n) is 14.4. The molecule has 0 spiro atoms. The lowest BCUT2D eigenvalue weighted by Gasteiger charge is -2.32. The monoisotopic (exact) mass is 436 g/mol. The van der Waals surface area contributed by atoms with Crippen molar-refractivity contribution in [3.63, 3.8) is 0 Å². The van der Waals surface area contributed by atoms with Crippen LogP contribution in [0.2, 0.25) is 0 Å². The van der Waals surface area contributed by atoms with Crippen LogP contribution in [-0.2, 0) is 9.53 Å². The largest absolute Gasteiger partial charge is 0.459 e. The second-order valence-electron chi connectivity index (χ2n) is 10.5. The molecule has 31 heavy (non-hydrogen) atoms. The Hall–Kier alpha value is -0.530. The van der Waals surface area contributed by atoms with E-state index in [4.69, 9.17) is 4.74 Å². The Labute approximate surface area is 195 Å². The molecule has 0 aromatic rings. The summed E-state index contributed by atoms with van der Waals surface area (Å²) in [6, 6.07) is 0. The second-order valence-corrected chi connectivity index (χ2v) is 10.5. The van der Waals surface area contributed by atoms with E-state index in [0.717, 1.165) is 12.8 Å². The van der Waals surface area contributed by atoms with E-state index < -0.39 is 0 Å². The fraction of sp³-hybridized carbons (Fsp3) is 0.966. The molecule has 0 saturated carbocycles. The van der Waals surface area contributed by atoms with Crippen LogP contribution in [0, 0.1) is 5.92 Å². The smallest absolute Gasteiger partial charge is 0.306 e. The lowest BCUT2D eigenvalue weighted by Crippen LogP contribution is -2.34. The summed E-state index contributed by atoms with van der Waals surface area (Å²) >= 11 is 0. The van der Waals surface area contributed by atoms with Crippen molar-refractivity contribution < 1.29 is 9.53 Å². The second kappa shape index (κ2) is 19.0. The van der Waals surface area contributed by atoms with Gasteiger partial charge in [-0.15, -0.1) is 0 Å². The number of rotatable bonds is 22. The highest BCUT2D eigenvalue weighted by atomic mass is 16.6. The van der Waals surface area contributed by atoms with Crippen molar-refractivity contribution in [2.45, 2.75) is 174 Å². The van der Waals surface area contributed by atoms with Gasteiger partial charge in [0.05, 0.1) is 6.42 Å². The number of carbonyl (C=O) groups excluding carboxylic acids is 1. The summed E-state index contributed by atoms with van der Waals surface area (Å²) in [5, 5.41) is 0. The van der Waals surface area contributed by atoms with Crippen LogP contribution >= 0.6 is 0 Å². The molecule has 184 valence electrons. The molecule has 1 atom stereocenters. The van der Waals surface area contributed by atoms with Crippen molar-refractivity contribution in [1.29, 1.82) is 0 Å². The minimum Gasteiger partial charge on any atom is -0.459 e. The molecule has 1 heterocycles. The van der Waals surface area contributed by atoms with Crippen LogP contribution in [0.1, 0.15) is 168 Å². The van der Waals surface area contributed by atoms with Gasteiger partial charge < -0.3 is 4.74 Å². The van der Waals surface area contributed by atoms with E-state index in [1.54, 1.807) is 0 Å². The van der Waals surface area contributed by atoms with Gasteiger partial charge in [0.1, 0.15) is 5.60 Å². The molecule has 0 radical (unpaired) electrons. The van der Waals surface area contributed by atoms with E-state index in [-0.39, 0.29) is 11.6 Å². The first-order chi connectivity index (χ1) is 15.1. The third-order valence-electron chi connectivity index (χ3n) is 7.60. The Morgan fingerprint density at radius 1 is 0.613 bits per heavy atom. The van der Waals surface area contributed by atoms with Crippen LogP contribution in [0.4, 0.5) is 0 Å². The van der Waals surface area contributed by atoms with Crippen LogP contribution in [0.3, 0.4) is 0 Å². The maximum absolute atomic E-state index is 12.0. The predicted octanol–water partition coefficient (Wildman–Crippen LogP) is 9.93. The van der Waals surface area contributed by atoms with E-state index in [2.05, 4.69) is 20.8 Å². The highest BCUT2D eigenvalue weighted by Gasteiger charge is 2.45. The molecule has 1 saturated heterocycles. The van der Waals surface area contributed by atoms with Crippen LogP contribution in [0.15, 0.2) is 0 Å². The maximum atomic E-state index is 12.0. The molecular weight excluding hydrogens is 380 g/mol. The SMILES string of the molecule is CCCCCCCCCCCCC1(CCCCCCCCCCCC)OC(=O)CC1C. The standard InChI is InChI=1S/C29H56O2/c1-4-6-8-10-12-14-16-18-20-22-24-29(27(3)26-28(30)31-29)25-23-21-19-17-15-13-11-9-7-5-2/h27H,4-26H2,1-3H3. The molecule has 1 rings (SSSR count). The average molecular weight is 437 g/mol. The van der Waals surface area contributed by atoms with E-state index in [1.807, 2.05) is 0 Å². The molecule has 0 aliphatic carbocycles. The minimum absolute atomic E-state index is 0.0478. The molecule has 0 bridgehead atoms. The summed E-state index contributed by atoms with van der Waals surface area (Å²) in [4.78, 5) is 12.0. The molecule has 2 nitrogen and oxygen atoms in total. The Bertz CT molecular complexity index is 393. The predicted molar refractivity (Wildman–Crippen MR) is 136 cm³/mol. The number of carbonyl (C=O) groups is 1. The number of esters is 1. The first kappa shape index (κ1) is 28.5. The van der Waals surface area contributed by atoms with Gasteiger partial charge in [0, 0.05) is 5.92 Å². The number of hydrogen-bond acceptors (Lipinski definition) is 2. The molecule has 0 N–H and O–H groups in total. The third-order valence-corrected chi connectivity index (χ3v) is 7.60. The zero-order valence-electron chi connectivity index (χ0n) is 21.7. The van der Waals surface area contributed by atoms with E-state index in [0.29, 0.717) is 12.3 Å². The first-order valence-corrected chi connectivity index (χ1v) is 14.4. The zero-order chi connectivity index (χ0) is 22.6. The number of hydrogen-bond donors (Lipinski definition) is 0. The molecular formula is C29H56O2. The van der Waals surface area contributed by atoms with Crippen molar-refractivity contribution in [3.8, 4) is 0 Å². The quantitative estimate of drug-likeness (QED) is 0.125. The molecule has 2 heteroatoms. The topological polar surface area (TPSA) is 26.3 Å². The van der Waals surface area contributed by atoms with Gasteiger partial charge in [-0.05, 0) is 25.7 Å². The van der Waals surface area contributed by atoms with Gasteiger partial charge in [0.15, 0.2) is 0 Å². The normalized spacial score (nSPS) is 17.9. The van der Waals surface area contributed by atoms with Crippen LogP contribution < -0.4 is 0 Å². The Kier molecular flexibility index (Phi) is 17.5. The fourth-order valence-corrected chi connectivity index (χ4v) is 5.35. The Balaban J connectivity index is 2.13. The van der Waals surface area contributed by atoms with Crippen molar-refractivity contribution in [3.05, 3.63) is 0 Å². The minimum atomic E-state index is -0.141. The van der Waals surface area contributed by atoms with Gasteiger partial charge in [-0.1, -0.05) is 136 Å². The average Bonchev–Trinajstić information content (AvgIpc) is 3.04.